The Kier molecular flexibility index (Phi) is 3.80. The normalized spacial score (nSPS) is 10.3. The first-order valence-electron chi connectivity index (χ1n) is 4.50. The molecule has 0 spiro atoms. The van der Waals surface area contributed by atoms with Crippen molar-refractivity contribution in [2.75, 3.05) is 7.11 Å². The average molecular weight is 204 g/mol. The summed E-state index contributed by atoms with van der Waals surface area (Å²) in [7, 11) is 1.34. The summed E-state index contributed by atoms with van der Waals surface area (Å²) in [5.74, 6) is -0.367. The molecule has 1 aromatic rings. The van der Waals surface area contributed by atoms with Gasteiger partial charge in [-0.3, -0.25) is 4.79 Å². The summed E-state index contributed by atoms with van der Waals surface area (Å²) in [6.07, 6.45) is 3.71. The van der Waals surface area contributed by atoms with E-state index in [2.05, 4.69) is 4.74 Å². The van der Waals surface area contributed by atoms with E-state index >= 15 is 0 Å². The van der Waals surface area contributed by atoms with Crippen LogP contribution in [-0.2, 0) is 9.53 Å². The van der Waals surface area contributed by atoms with Crippen LogP contribution in [-0.4, -0.2) is 19.4 Å². The van der Waals surface area contributed by atoms with Crippen LogP contribution in [0.3, 0.4) is 0 Å². The third kappa shape index (κ3) is 2.77. The Hall–Kier alpha value is -1.90. The molecule has 0 heterocycles. The maximum atomic E-state index is 11.3. The van der Waals surface area contributed by atoms with Crippen LogP contribution in [0.4, 0.5) is 0 Å². The van der Waals surface area contributed by atoms with Crippen molar-refractivity contribution < 1.29 is 14.3 Å². The molecule has 0 aromatic heterocycles. The number of methoxy groups -OCH3 is 1. The molecule has 0 aliphatic carbocycles. The number of benzene rings is 1. The van der Waals surface area contributed by atoms with Gasteiger partial charge in [0.05, 0.1) is 12.7 Å². The minimum absolute atomic E-state index is 0.367. The zero-order chi connectivity index (χ0) is 11.3. The van der Waals surface area contributed by atoms with E-state index in [4.69, 9.17) is 0 Å². The topological polar surface area (TPSA) is 43.4 Å². The second kappa shape index (κ2) is 5.10. The van der Waals surface area contributed by atoms with E-state index in [9.17, 15) is 9.59 Å². The van der Waals surface area contributed by atoms with Gasteiger partial charge in [-0.15, -0.1) is 0 Å². The molecule has 0 radical (unpaired) electrons. The van der Waals surface area contributed by atoms with E-state index in [1.54, 1.807) is 12.1 Å². The summed E-state index contributed by atoms with van der Waals surface area (Å²) in [6, 6.07) is 5.35. The van der Waals surface area contributed by atoms with E-state index in [-0.39, 0.29) is 5.97 Å². The number of carbonyl (C=O) groups excluding carboxylic acids is 2. The predicted octanol–water partition coefficient (Wildman–Crippen LogP) is 1.99. The Morgan fingerprint density at radius 1 is 1.40 bits per heavy atom. The number of carbonyl (C=O) groups is 2. The number of rotatable bonds is 3. The van der Waals surface area contributed by atoms with Crippen LogP contribution < -0.4 is 0 Å². The van der Waals surface area contributed by atoms with Gasteiger partial charge < -0.3 is 4.74 Å². The summed E-state index contributed by atoms with van der Waals surface area (Å²) >= 11 is 0. The van der Waals surface area contributed by atoms with Crippen LogP contribution in [0.5, 0.6) is 0 Å². The highest BCUT2D eigenvalue weighted by Crippen LogP contribution is 2.13. The third-order valence-corrected chi connectivity index (χ3v) is 2.03. The molecular formula is C12H12O3. The van der Waals surface area contributed by atoms with Crippen molar-refractivity contribution in [2.24, 2.45) is 0 Å². The second-order valence-electron chi connectivity index (χ2n) is 3.06. The number of aryl methyl sites for hydroxylation is 1. The standard InChI is InChI=1S/C12H12O3/c1-9-5-6-10(4-3-7-13)8-11(9)12(14)15-2/h3-8H,1-2H3. The van der Waals surface area contributed by atoms with Gasteiger partial charge in [0.15, 0.2) is 0 Å². The van der Waals surface area contributed by atoms with Crippen LogP contribution in [0.2, 0.25) is 0 Å². The largest absolute Gasteiger partial charge is 0.465 e. The van der Waals surface area contributed by atoms with Crippen molar-refractivity contribution in [2.45, 2.75) is 6.92 Å². The number of hydrogen-bond acceptors (Lipinski definition) is 3. The molecule has 0 saturated heterocycles. The average Bonchev–Trinajstić information content (AvgIpc) is 2.27. The lowest BCUT2D eigenvalue weighted by molar-refractivity contribution is -0.104. The van der Waals surface area contributed by atoms with E-state index in [0.29, 0.717) is 11.8 Å². The van der Waals surface area contributed by atoms with Gasteiger partial charge in [0.1, 0.15) is 6.29 Å². The minimum atomic E-state index is -0.367. The van der Waals surface area contributed by atoms with Gasteiger partial charge in [-0.1, -0.05) is 18.2 Å². The smallest absolute Gasteiger partial charge is 0.338 e. The van der Waals surface area contributed by atoms with Gasteiger partial charge in [0, 0.05) is 0 Å². The first kappa shape index (κ1) is 11.2. The van der Waals surface area contributed by atoms with Gasteiger partial charge in [-0.2, -0.15) is 0 Å². The minimum Gasteiger partial charge on any atom is -0.465 e. The second-order valence-corrected chi connectivity index (χ2v) is 3.06. The van der Waals surface area contributed by atoms with Gasteiger partial charge in [0.25, 0.3) is 0 Å². The third-order valence-electron chi connectivity index (χ3n) is 2.03. The molecule has 15 heavy (non-hydrogen) atoms. The van der Waals surface area contributed by atoms with Crippen molar-refractivity contribution in [3.63, 3.8) is 0 Å². The summed E-state index contributed by atoms with van der Waals surface area (Å²) in [5, 5.41) is 0. The highest BCUT2D eigenvalue weighted by atomic mass is 16.5. The Morgan fingerprint density at radius 2 is 2.13 bits per heavy atom. The Balaban J connectivity index is 3.10. The quantitative estimate of drug-likeness (QED) is 0.429. The molecule has 0 bridgehead atoms. The van der Waals surface area contributed by atoms with Crippen molar-refractivity contribution in [3.8, 4) is 0 Å². The van der Waals surface area contributed by atoms with E-state index in [0.717, 1.165) is 11.1 Å². The first-order valence-corrected chi connectivity index (χ1v) is 4.50. The molecule has 3 heteroatoms. The zero-order valence-corrected chi connectivity index (χ0v) is 8.69. The van der Waals surface area contributed by atoms with Crippen molar-refractivity contribution >= 4 is 18.3 Å². The molecule has 3 nitrogen and oxygen atoms in total. The molecule has 0 atom stereocenters. The van der Waals surface area contributed by atoms with Crippen molar-refractivity contribution in [1.82, 2.24) is 0 Å². The Labute approximate surface area is 88.4 Å². The first-order chi connectivity index (χ1) is 7.19. The van der Waals surface area contributed by atoms with Gasteiger partial charge in [-0.05, 0) is 30.2 Å². The van der Waals surface area contributed by atoms with Crippen molar-refractivity contribution in [1.29, 1.82) is 0 Å². The molecule has 0 unspecified atom stereocenters. The number of allylic oxidation sites excluding steroid dienone is 1. The zero-order valence-electron chi connectivity index (χ0n) is 8.69. The lowest BCUT2D eigenvalue weighted by Crippen LogP contribution is -2.03. The Morgan fingerprint density at radius 3 is 2.73 bits per heavy atom. The molecule has 0 fully saturated rings. The highest BCUT2D eigenvalue weighted by molar-refractivity contribution is 5.91. The van der Waals surface area contributed by atoms with Crippen molar-refractivity contribution in [3.05, 3.63) is 41.0 Å². The van der Waals surface area contributed by atoms with Crippen LogP contribution in [0.1, 0.15) is 21.5 Å². The van der Waals surface area contributed by atoms with Gasteiger partial charge >= 0.3 is 5.97 Å². The molecule has 1 rings (SSSR count). The molecule has 0 N–H and O–H groups in total. The van der Waals surface area contributed by atoms with Crippen LogP contribution in [0.15, 0.2) is 24.3 Å². The number of ether oxygens (including phenoxy) is 1. The van der Waals surface area contributed by atoms with Crippen LogP contribution in [0, 0.1) is 6.92 Å². The lowest BCUT2D eigenvalue weighted by atomic mass is 10.0. The molecule has 1 aromatic carbocycles. The molecule has 0 amide bonds. The molecule has 0 aliphatic rings. The van der Waals surface area contributed by atoms with E-state index in [1.165, 1.54) is 13.2 Å². The van der Waals surface area contributed by atoms with Crippen LogP contribution in [0.25, 0.3) is 6.08 Å². The summed E-state index contributed by atoms with van der Waals surface area (Å²) < 4.78 is 4.64. The monoisotopic (exact) mass is 204 g/mol. The van der Waals surface area contributed by atoms with E-state index in [1.807, 2.05) is 19.1 Å². The highest BCUT2D eigenvalue weighted by Gasteiger charge is 2.08. The number of aldehydes is 1. The van der Waals surface area contributed by atoms with Crippen LogP contribution >= 0.6 is 0 Å². The SMILES string of the molecule is COC(=O)c1cc(C=CC=O)ccc1C. The Bertz CT molecular complexity index is 405. The maximum Gasteiger partial charge on any atom is 0.338 e. The number of esters is 1. The van der Waals surface area contributed by atoms with Gasteiger partial charge in [0.2, 0.25) is 0 Å². The molecule has 0 saturated carbocycles. The number of hydrogen-bond donors (Lipinski definition) is 0. The molecule has 78 valence electrons. The molecular weight excluding hydrogens is 192 g/mol. The summed E-state index contributed by atoms with van der Waals surface area (Å²) in [4.78, 5) is 21.5. The molecule has 0 aliphatic heterocycles. The lowest BCUT2D eigenvalue weighted by Gasteiger charge is -2.04. The maximum absolute atomic E-state index is 11.3. The van der Waals surface area contributed by atoms with E-state index < -0.39 is 0 Å². The fourth-order valence-electron chi connectivity index (χ4n) is 1.22. The van der Waals surface area contributed by atoms with Gasteiger partial charge in [-0.25, -0.2) is 4.79 Å². The summed E-state index contributed by atoms with van der Waals surface area (Å²) in [6.45, 7) is 1.83. The fourth-order valence-corrected chi connectivity index (χ4v) is 1.22. The predicted molar refractivity (Wildman–Crippen MR) is 57.6 cm³/mol. The fraction of sp³-hybridized carbons (Fsp3) is 0.167. The summed E-state index contributed by atoms with van der Waals surface area (Å²) in [5.41, 5.74) is 2.17.